The first-order chi connectivity index (χ1) is 18.4. The van der Waals surface area contributed by atoms with E-state index in [0.717, 1.165) is 34.0 Å². The van der Waals surface area contributed by atoms with E-state index < -0.39 is 0 Å². The van der Waals surface area contributed by atoms with Gasteiger partial charge in [-0.25, -0.2) is 0 Å². The molecule has 5 rings (SSSR count). The van der Waals surface area contributed by atoms with Crippen LogP contribution in [0.15, 0.2) is 72.9 Å². The number of nitrogens with zero attached hydrogens (tertiary/aromatic N) is 3. The highest BCUT2D eigenvalue weighted by Crippen LogP contribution is 2.45. The second-order valence-electron chi connectivity index (χ2n) is 9.07. The molecule has 0 saturated carbocycles. The Balaban J connectivity index is 1.61. The van der Waals surface area contributed by atoms with Gasteiger partial charge in [0.05, 0.1) is 40.1 Å². The molecular weight excluding hydrogens is 539 g/mol. The van der Waals surface area contributed by atoms with Gasteiger partial charge in [-0.3, -0.25) is 4.98 Å². The molecule has 1 saturated heterocycles. The van der Waals surface area contributed by atoms with Crippen molar-refractivity contribution >= 4 is 46.2 Å². The third kappa shape index (κ3) is 4.99. The van der Waals surface area contributed by atoms with E-state index in [-0.39, 0.29) is 12.1 Å². The Hall–Kier alpha value is -3.10. The highest BCUT2D eigenvalue weighted by molar-refractivity contribution is 7.80. The molecule has 1 aliphatic heterocycles. The first-order valence-electron chi connectivity index (χ1n) is 12.3. The zero-order chi connectivity index (χ0) is 26.8. The van der Waals surface area contributed by atoms with Gasteiger partial charge in [0.2, 0.25) is 0 Å². The molecule has 0 radical (unpaired) electrons. The normalized spacial score (nSPS) is 17.1. The van der Waals surface area contributed by atoms with Crippen LogP contribution >= 0.6 is 35.4 Å². The summed E-state index contributed by atoms with van der Waals surface area (Å²) < 4.78 is 13.0. The number of methoxy groups -OCH3 is 1. The number of anilines is 1. The van der Waals surface area contributed by atoms with Gasteiger partial charge in [-0.2, -0.15) is 0 Å². The van der Waals surface area contributed by atoms with Gasteiger partial charge < -0.3 is 24.3 Å². The molecule has 0 aliphatic carbocycles. The Morgan fingerprint density at radius 3 is 2.47 bits per heavy atom. The van der Waals surface area contributed by atoms with Gasteiger partial charge in [-0.05, 0) is 80.2 Å². The summed E-state index contributed by atoms with van der Waals surface area (Å²) >= 11 is 19.2. The fourth-order valence-electron chi connectivity index (χ4n) is 5.03. The smallest absolute Gasteiger partial charge is 0.174 e. The highest BCUT2D eigenvalue weighted by atomic mass is 35.5. The predicted octanol–water partition coefficient (Wildman–Crippen LogP) is 7.00. The van der Waals surface area contributed by atoms with Crippen molar-refractivity contribution in [2.75, 3.05) is 25.2 Å². The van der Waals surface area contributed by atoms with Crippen LogP contribution in [0.5, 0.6) is 5.75 Å². The molecule has 38 heavy (non-hydrogen) atoms. The number of aromatic nitrogens is 2. The van der Waals surface area contributed by atoms with Crippen molar-refractivity contribution in [1.82, 2.24) is 14.9 Å². The Bertz CT molecular complexity index is 1460. The quantitative estimate of drug-likeness (QED) is 0.183. The van der Waals surface area contributed by atoms with E-state index in [1.807, 2.05) is 60.7 Å². The van der Waals surface area contributed by atoms with Crippen molar-refractivity contribution in [3.05, 3.63) is 106 Å². The molecule has 2 aromatic heterocycles. The summed E-state index contributed by atoms with van der Waals surface area (Å²) in [6.45, 7) is 5.09. The van der Waals surface area contributed by atoms with Gasteiger partial charge in [-0.15, -0.1) is 0 Å². The van der Waals surface area contributed by atoms with Crippen LogP contribution in [0.2, 0.25) is 10.0 Å². The third-order valence-corrected chi connectivity index (χ3v) is 7.65. The van der Waals surface area contributed by atoms with Gasteiger partial charge >= 0.3 is 0 Å². The minimum atomic E-state index is -0.184. The number of hydrogen-bond acceptors (Lipinski definition) is 4. The largest absolute Gasteiger partial charge is 0.490 e. The summed E-state index contributed by atoms with van der Waals surface area (Å²) in [7, 11) is 1.64. The summed E-state index contributed by atoms with van der Waals surface area (Å²) in [5, 5.41) is 5.31. The van der Waals surface area contributed by atoms with E-state index in [9.17, 15) is 0 Å². The SMILES string of the molecule is COCCOc1ccc(N2C(=S)N[C@H](c3ccccn3)[C@@H]2c2cc(C)n(-c3ccccc3Cl)c2C)cc1Cl. The van der Waals surface area contributed by atoms with Crippen LogP contribution in [0.4, 0.5) is 5.69 Å². The lowest BCUT2D eigenvalue weighted by Gasteiger charge is -2.28. The minimum absolute atomic E-state index is 0.180. The van der Waals surface area contributed by atoms with Crippen molar-refractivity contribution < 1.29 is 9.47 Å². The van der Waals surface area contributed by atoms with Crippen molar-refractivity contribution in [2.24, 2.45) is 0 Å². The lowest BCUT2D eigenvalue weighted by molar-refractivity contribution is 0.146. The van der Waals surface area contributed by atoms with Crippen molar-refractivity contribution in [2.45, 2.75) is 25.9 Å². The lowest BCUT2D eigenvalue weighted by Crippen LogP contribution is -2.29. The van der Waals surface area contributed by atoms with Gasteiger partial charge in [0, 0.05) is 30.4 Å². The predicted molar refractivity (Wildman–Crippen MR) is 157 cm³/mol. The molecule has 1 N–H and O–H groups in total. The summed E-state index contributed by atoms with van der Waals surface area (Å²) in [5.74, 6) is 0.597. The van der Waals surface area contributed by atoms with Crippen LogP contribution in [-0.2, 0) is 4.74 Å². The molecule has 0 bridgehead atoms. The van der Waals surface area contributed by atoms with E-state index in [2.05, 4.69) is 39.7 Å². The first kappa shape index (κ1) is 26.5. The van der Waals surface area contributed by atoms with Crippen LogP contribution in [-0.4, -0.2) is 35.0 Å². The van der Waals surface area contributed by atoms with Crippen LogP contribution in [0, 0.1) is 13.8 Å². The third-order valence-electron chi connectivity index (χ3n) is 6.72. The van der Waals surface area contributed by atoms with E-state index in [4.69, 9.17) is 44.9 Å². The topological polar surface area (TPSA) is 51.6 Å². The Labute approximate surface area is 238 Å². The van der Waals surface area contributed by atoms with Gasteiger partial charge in [-0.1, -0.05) is 41.4 Å². The molecule has 6 nitrogen and oxygen atoms in total. The molecule has 2 atom stereocenters. The standard InChI is InChI=1S/C29H28Cl2N4O2S/c1-18-16-21(19(2)34(18)25-10-5-4-8-22(25)30)28-27(24-9-6-7-13-32-24)33-29(38)35(28)20-11-12-26(23(31)17-20)37-15-14-36-3/h4-13,16-17,27-28H,14-15H2,1-3H3,(H,33,38)/t27-,28+/m1/s1. The number of thiocarbonyl (C=S) groups is 1. The molecule has 0 unspecified atom stereocenters. The minimum Gasteiger partial charge on any atom is -0.490 e. The van der Waals surface area contributed by atoms with Crippen LogP contribution in [0.3, 0.4) is 0 Å². The Kier molecular flexibility index (Phi) is 7.91. The molecule has 9 heteroatoms. The number of rotatable bonds is 8. The van der Waals surface area contributed by atoms with Crippen molar-refractivity contribution in [3.8, 4) is 11.4 Å². The number of benzene rings is 2. The first-order valence-corrected chi connectivity index (χ1v) is 13.4. The maximum Gasteiger partial charge on any atom is 0.174 e. The van der Waals surface area contributed by atoms with Gasteiger partial charge in [0.25, 0.3) is 0 Å². The van der Waals surface area contributed by atoms with Crippen molar-refractivity contribution in [3.63, 3.8) is 0 Å². The maximum absolute atomic E-state index is 6.65. The van der Waals surface area contributed by atoms with E-state index >= 15 is 0 Å². The van der Waals surface area contributed by atoms with Crippen molar-refractivity contribution in [1.29, 1.82) is 0 Å². The summed E-state index contributed by atoms with van der Waals surface area (Å²) in [5.41, 5.74) is 5.95. The average molecular weight is 568 g/mol. The highest BCUT2D eigenvalue weighted by Gasteiger charge is 2.42. The Morgan fingerprint density at radius 1 is 0.974 bits per heavy atom. The molecule has 4 aromatic rings. The van der Waals surface area contributed by atoms with E-state index in [1.165, 1.54) is 0 Å². The fourth-order valence-corrected chi connectivity index (χ4v) is 5.83. The van der Waals surface area contributed by atoms with Crippen LogP contribution < -0.4 is 15.0 Å². The number of nitrogens with one attached hydrogen (secondary N) is 1. The van der Waals surface area contributed by atoms with Crippen LogP contribution in [0.1, 0.15) is 34.7 Å². The monoisotopic (exact) mass is 566 g/mol. The number of para-hydroxylation sites is 1. The van der Waals surface area contributed by atoms with E-state index in [0.29, 0.717) is 34.1 Å². The molecule has 1 aliphatic rings. The number of aryl methyl sites for hydroxylation is 1. The molecular formula is C29H28Cl2N4O2S. The summed E-state index contributed by atoms with van der Waals surface area (Å²) in [6.07, 6.45) is 1.80. The molecule has 196 valence electrons. The number of ether oxygens (including phenoxy) is 2. The number of pyridine rings is 1. The molecule has 3 heterocycles. The molecule has 2 aromatic carbocycles. The molecule has 1 fully saturated rings. The van der Waals surface area contributed by atoms with Crippen LogP contribution in [0.25, 0.3) is 5.69 Å². The number of hydrogen-bond donors (Lipinski definition) is 1. The lowest BCUT2D eigenvalue weighted by atomic mass is 9.96. The molecule has 0 amide bonds. The summed E-state index contributed by atoms with van der Waals surface area (Å²) in [6, 6.07) is 21.3. The molecule has 0 spiro atoms. The Morgan fingerprint density at radius 2 is 1.76 bits per heavy atom. The summed E-state index contributed by atoms with van der Waals surface area (Å²) in [4.78, 5) is 6.78. The second-order valence-corrected chi connectivity index (χ2v) is 10.3. The zero-order valence-electron chi connectivity index (χ0n) is 21.3. The maximum atomic E-state index is 6.65. The fraction of sp³-hybridized carbons (Fsp3) is 0.241. The second kappa shape index (κ2) is 11.3. The number of halogens is 2. The van der Waals surface area contributed by atoms with Gasteiger partial charge in [0.1, 0.15) is 12.4 Å². The van der Waals surface area contributed by atoms with E-state index in [1.54, 1.807) is 13.3 Å². The zero-order valence-corrected chi connectivity index (χ0v) is 23.6. The van der Waals surface area contributed by atoms with Gasteiger partial charge in [0.15, 0.2) is 5.11 Å². The average Bonchev–Trinajstić information content (AvgIpc) is 3.41.